The van der Waals surface area contributed by atoms with Crippen molar-refractivity contribution < 1.29 is 23.0 Å². The molecule has 0 radical (unpaired) electrons. The molecule has 0 saturated heterocycles. The number of nitrogens with one attached hydrogen (secondary N) is 1. The van der Waals surface area contributed by atoms with Gasteiger partial charge in [0.05, 0.1) is 20.1 Å². The van der Waals surface area contributed by atoms with E-state index in [4.69, 9.17) is 4.74 Å². The third kappa shape index (κ3) is 6.08. The molecule has 21 heavy (non-hydrogen) atoms. The van der Waals surface area contributed by atoms with Crippen molar-refractivity contribution in [1.82, 2.24) is 5.32 Å². The molecule has 0 amide bonds. The normalized spacial score (nSPS) is 10.8. The van der Waals surface area contributed by atoms with Crippen LogP contribution in [0.3, 0.4) is 0 Å². The van der Waals surface area contributed by atoms with Gasteiger partial charge >= 0.3 is 5.97 Å². The van der Waals surface area contributed by atoms with Crippen LogP contribution in [0.4, 0.5) is 8.78 Å². The lowest BCUT2D eigenvalue weighted by molar-refractivity contribution is -0.141. The Kier molecular flexibility index (Phi) is 7.08. The fourth-order valence-corrected chi connectivity index (χ4v) is 1.70. The maximum Gasteiger partial charge on any atom is 0.308 e. The van der Waals surface area contributed by atoms with Crippen LogP contribution in [0.25, 0.3) is 0 Å². The lowest BCUT2D eigenvalue weighted by Crippen LogP contribution is -2.19. The number of methoxy groups -OCH3 is 1. The number of ether oxygens (including phenoxy) is 2. The first-order valence-electron chi connectivity index (χ1n) is 6.82. The van der Waals surface area contributed by atoms with E-state index in [-0.39, 0.29) is 13.0 Å². The summed E-state index contributed by atoms with van der Waals surface area (Å²) in [5.41, 5.74) is 0.506. The first kappa shape index (κ1) is 17.4. The van der Waals surface area contributed by atoms with Crippen molar-refractivity contribution in [2.24, 2.45) is 5.92 Å². The second kappa shape index (κ2) is 8.56. The molecule has 0 unspecified atom stereocenters. The average molecular weight is 301 g/mol. The molecule has 0 fully saturated rings. The minimum Gasteiger partial charge on any atom is -0.487 e. The van der Waals surface area contributed by atoms with Crippen LogP contribution >= 0.6 is 0 Å². The van der Waals surface area contributed by atoms with Crippen molar-refractivity contribution in [1.29, 1.82) is 0 Å². The number of hydrogen-bond acceptors (Lipinski definition) is 4. The summed E-state index contributed by atoms with van der Waals surface area (Å²) < 4.78 is 37.0. The summed E-state index contributed by atoms with van der Waals surface area (Å²) in [6.45, 7) is 5.11. The van der Waals surface area contributed by atoms with E-state index < -0.39 is 23.4 Å². The molecule has 1 rings (SSSR count). The van der Waals surface area contributed by atoms with Crippen molar-refractivity contribution in [3.8, 4) is 5.75 Å². The van der Waals surface area contributed by atoms with Gasteiger partial charge in [-0.05, 0) is 30.2 Å². The molecule has 0 spiro atoms. The molecule has 1 aromatic rings. The zero-order chi connectivity index (χ0) is 15.8. The van der Waals surface area contributed by atoms with Crippen molar-refractivity contribution in [3.05, 3.63) is 29.3 Å². The zero-order valence-corrected chi connectivity index (χ0v) is 12.5. The molecule has 4 nitrogen and oxygen atoms in total. The second-order valence-electron chi connectivity index (χ2n) is 5.09. The van der Waals surface area contributed by atoms with Gasteiger partial charge in [-0.3, -0.25) is 4.79 Å². The van der Waals surface area contributed by atoms with Crippen LogP contribution < -0.4 is 10.1 Å². The molecular formula is C15H21F2NO3. The van der Waals surface area contributed by atoms with Crippen molar-refractivity contribution in [3.63, 3.8) is 0 Å². The predicted octanol–water partition coefficient (Wildman–Crippen LogP) is 2.65. The highest BCUT2D eigenvalue weighted by Gasteiger charge is 2.13. The van der Waals surface area contributed by atoms with E-state index in [2.05, 4.69) is 10.1 Å². The minimum absolute atomic E-state index is 0.0624. The van der Waals surface area contributed by atoms with Gasteiger partial charge < -0.3 is 14.8 Å². The maximum atomic E-state index is 13.8. The standard InChI is InChI=1S/C15H21F2NO3/c1-10(2)8-18-9-11-6-12(16)15(13(17)7-11)21-5-4-14(19)20-3/h6-7,10,18H,4-5,8-9H2,1-3H3. The minimum atomic E-state index is -0.777. The van der Waals surface area contributed by atoms with E-state index in [1.165, 1.54) is 19.2 Å². The van der Waals surface area contributed by atoms with Gasteiger partial charge in [-0.25, -0.2) is 8.78 Å². The summed E-state index contributed by atoms with van der Waals surface area (Å²) >= 11 is 0. The molecule has 0 atom stereocenters. The zero-order valence-electron chi connectivity index (χ0n) is 12.5. The maximum absolute atomic E-state index is 13.8. The van der Waals surface area contributed by atoms with Gasteiger partial charge in [0.2, 0.25) is 0 Å². The second-order valence-corrected chi connectivity index (χ2v) is 5.09. The lowest BCUT2D eigenvalue weighted by atomic mass is 10.1. The largest absolute Gasteiger partial charge is 0.487 e. The van der Waals surface area contributed by atoms with E-state index in [9.17, 15) is 13.6 Å². The SMILES string of the molecule is COC(=O)CCOc1c(F)cc(CNCC(C)C)cc1F. The topological polar surface area (TPSA) is 47.6 Å². The molecule has 0 bridgehead atoms. The third-order valence-electron chi connectivity index (χ3n) is 2.72. The molecule has 0 heterocycles. The van der Waals surface area contributed by atoms with Gasteiger partial charge in [-0.2, -0.15) is 0 Å². The van der Waals surface area contributed by atoms with Crippen LogP contribution in [0.2, 0.25) is 0 Å². The summed E-state index contributed by atoms with van der Waals surface area (Å²) in [6.07, 6.45) is -0.0624. The van der Waals surface area contributed by atoms with Crippen LogP contribution in [-0.2, 0) is 16.1 Å². The van der Waals surface area contributed by atoms with Gasteiger partial charge in [-0.15, -0.1) is 0 Å². The third-order valence-corrected chi connectivity index (χ3v) is 2.72. The Balaban J connectivity index is 2.60. The van der Waals surface area contributed by atoms with E-state index >= 15 is 0 Å². The Labute approximate surface area is 123 Å². The highest BCUT2D eigenvalue weighted by atomic mass is 19.1. The first-order chi connectivity index (χ1) is 9.93. The summed E-state index contributed by atoms with van der Waals surface area (Å²) in [5, 5.41) is 3.11. The number of hydrogen-bond donors (Lipinski definition) is 1. The van der Waals surface area contributed by atoms with Crippen LogP contribution in [0.5, 0.6) is 5.75 Å². The highest BCUT2D eigenvalue weighted by molar-refractivity contribution is 5.69. The monoisotopic (exact) mass is 301 g/mol. The summed E-state index contributed by atoms with van der Waals surface area (Å²) in [5.74, 6) is -2.06. The van der Waals surface area contributed by atoms with Crippen molar-refractivity contribution in [2.75, 3.05) is 20.3 Å². The number of esters is 1. The molecule has 1 aromatic carbocycles. The Hall–Kier alpha value is -1.69. The van der Waals surface area contributed by atoms with Gasteiger partial charge in [0.15, 0.2) is 17.4 Å². The number of rotatable bonds is 8. The molecule has 1 N–H and O–H groups in total. The Bertz CT molecular complexity index is 455. The van der Waals surface area contributed by atoms with Crippen LogP contribution in [0.1, 0.15) is 25.8 Å². The Morgan fingerprint density at radius 3 is 2.43 bits per heavy atom. The van der Waals surface area contributed by atoms with Gasteiger partial charge in [-0.1, -0.05) is 13.8 Å². The predicted molar refractivity (Wildman–Crippen MR) is 75.0 cm³/mol. The van der Waals surface area contributed by atoms with E-state index in [1.807, 2.05) is 13.8 Å². The summed E-state index contributed by atoms with van der Waals surface area (Å²) in [7, 11) is 1.24. The van der Waals surface area contributed by atoms with Crippen molar-refractivity contribution in [2.45, 2.75) is 26.8 Å². The lowest BCUT2D eigenvalue weighted by Gasteiger charge is -2.11. The molecule has 0 aliphatic rings. The molecule has 0 saturated carbocycles. The Morgan fingerprint density at radius 2 is 1.90 bits per heavy atom. The number of carbonyl (C=O) groups is 1. The number of carbonyl (C=O) groups excluding carboxylic acids is 1. The Morgan fingerprint density at radius 1 is 1.29 bits per heavy atom. The molecule has 118 valence electrons. The number of benzene rings is 1. The van der Waals surface area contributed by atoms with Crippen LogP contribution in [-0.4, -0.2) is 26.2 Å². The van der Waals surface area contributed by atoms with E-state index in [0.717, 1.165) is 6.54 Å². The molecular weight excluding hydrogens is 280 g/mol. The fraction of sp³-hybridized carbons (Fsp3) is 0.533. The highest BCUT2D eigenvalue weighted by Crippen LogP contribution is 2.23. The fourth-order valence-electron chi connectivity index (χ4n) is 1.70. The molecule has 0 aliphatic carbocycles. The number of halogens is 2. The molecule has 6 heteroatoms. The first-order valence-corrected chi connectivity index (χ1v) is 6.82. The van der Waals surface area contributed by atoms with Gasteiger partial charge in [0.25, 0.3) is 0 Å². The van der Waals surface area contributed by atoms with E-state index in [1.54, 1.807) is 0 Å². The molecule has 0 aliphatic heterocycles. The average Bonchev–Trinajstić information content (AvgIpc) is 2.41. The van der Waals surface area contributed by atoms with Gasteiger partial charge in [0.1, 0.15) is 0 Å². The van der Waals surface area contributed by atoms with Crippen molar-refractivity contribution >= 4 is 5.97 Å². The molecule has 0 aromatic heterocycles. The smallest absolute Gasteiger partial charge is 0.308 e. The summed E-state index contributed by atoms with van der Waals surface area (Å²) in [6, 6.07) is 2.45. The van der Waals surface area contributed by atoms with Gasteiger partial charge in [0, 0.05) is 6.54 Å². The van der Waals surface area contributed by atoms with Crippen LogP contribution in [0, 0.1) is 17.6 Å². The van der Waals surface area contributed by atoms with Crippen LogP contribution in [0.15, 0.2) is 12.1 Å². The summed E-state index contributed by atoms with van der Waals surface area (Å²) in [4.78, 5) is 10.9. The quantitative estimate of drug-likeness (QED) is 0.750. The van der Waals surface area contributed by atoms with E-state index in [0.29, 0.717) is 18.0 Å².